The Hall–Kier alpha value is -2.10. The molecule has 1 heterocycles. The highest BCUT2D eigenvalue weighted by atomic mass is 16.5. The minimum absolute atomic E-state index is 0.224. The summed E-state index contributed by atoms with van der Waals surface area (Å²) in [5.41, 5.74) is 7.51. The number of hydrogen-bond donors (Lipinski definition) is 1. The summed E-state index contributed by atoms with van der Waals surface area (Å²) in [7, 11) is 0. The van der Waals surface area contributed by atoms with Crippen LogP contribution in [0.2, 0.25) is 0 Å². The van der Waals surface area contributed by atoms with Crippen molar-refractivity contribution in [2.75, 3.05) is 5.73 Å². The van der Waals surface area contributed by atoms with Crippen LogP contribution in [0.5, 0.6) is 11.6 Å². The van der Waals surface area contributed by atoms with Gasteiger partial charge in [-0.1, -0.05) is 17.7 Å². The van der Waals surface area contributed by atoms with Gasteiger partial charge < -0.3 is 10.5 Å². The van der Waals surface area contributed by atoms with Crippen LogP contribution in [0.25, 0.3) is 0 Å². The van der Waals surface area contributed by atoms with Gasteiger partial charge in [0, 0.05) is 11.8 Å². The Balaban J connectivity index is 2.23. The molecule has 0 radical (unpaired) electrons. The first-order valence-electron chi connectivity index (χ1n) is 4.99. The zero-order chi connectivity index (χ0) is 11.5. The molecule has 82 valence electrons. The van der Waals surface area contributed by atoms with Gasteiger partial charge in [-0.05, 0) is 26.0 Å². The number of aromatic nitrogens is 2. The van der Waals surface area contributed by atoms with Gasteiger partial charge in [-0.3, -0.25) is 0 Å². The van der Waals surface area contributed by atoms with Crippen LogP contribution in [0.15, 0.2) is 30.3 Å². The number of benzene rings is 1. The number of nitrogens with two attached hydrogens (primary N) is 1. The lowest BCUT2D eigenvalue weighted by molar-refractivity contribution is 0.462. The molecular formula is C12H13N3O. The summed E-state index contributed by atoms with van der Waals surface area (Å²) in [4.78, 5) is 7.97. The van der Waals surface area contributed by atoms with E-state index in [4.69, 9.17) is 10.5 Å². The van der Waals surface area contributed by atoms with Crippen molar-refractivity contribution in [1.82, 2.24) is 9.97 Å². The first kappa shape index (κ1) is 10.4. The average Bonchev–Trinajstić information content (AvgIpc) is 2.20. The van der Waals surface area contributed by atoms with Crippen LogP contribution in [0.3, 0.4) is 0 Å². The lowest BCUT2D eigenvalue weighted by atomic mass is 10.2. The maximum atomic E-state index is 5.56. The smallest absolute Gasteiger partial charge is 0.224 e. The Morgan fingerprint density at radius 3 is 2.38 bits per heavy atom. The van der Waals surface area contributed by atoms with E-state index in [2.05, 4.69) is 9.97 Å². The molecule has 2 aromatic rings. The molecule has 4 nitrogen and oxygen atoms in total. The Kier molecular flexibility index (Phi) is 2.72. The van der Waals surface area contributed by atoms with E-state index in [1.807, 2.05) is 38.1 Å². The molecule has 0 atom stereocenters. The molecule has 16 heavy (non-hydrogen) atoms. The summed E-state index contributed by atoms with van der Waals surface area (Å²) in [6.45, 7) is 3.87. The second-order valence-electron chi connectivity index (χ2n) is 3.62. The summed E-state index contributed by atoms with van der Waals surface area (Å²) in [5.74, 6) is 1.43. The van der Waals surface area contributed by atoms with Gasteiger partial charge in [-0.15, -0.1) is 0 Å². The SMILES string of the molecule is Cc1ccc(Oc2cc(C)nc(N)n2)cc1. The fourth-order valence-electron chi connectivity index (χ4n) is 1.34. The predicted molar refractivity (Wildman–Crippen MR) is 62.4 cm³/mol. The van der Waals surface area contributed by atoms with Gasteiger partial charge >= 0.3 is 0 Å². The van der Waals surface area contributed by atoms with Crippen molar-refractivity contribution in [3.63, 3.8) is 0 Å². The van der Waals surface area contributed by atoms with Crippen molar-refractivity contribution in [1.29, 1.82) is 0 Å². The minimum Gasteiger partial charge on any atom is -0.439 e. The lowest BCUT2D eigenvalue weighted by Crippen LogP contribution is -1.98. The van der Waals surface area contributed by atoms with Crippen LogP contribution in [0.4, 0.5) is 5.95 Å². The second-order valence-corrected chi connectivity index (χ2v) is 3.62. The minimum atomic E-state index is 0.224. The maximum Gasteiger partial charge on any atom is 0.224 e. The molecule has 0 amide bonds. The molecule has 0 saturated carbocycles. The molecule has 0 aliphatic heterocycles. The molecule has 2 N–H and O–H groups in total. The molecule has 0 saturated heterocycles. The molecule has 0 spiro atoms. The summed E-state index contributed by atoms with van der Waals surface area (Å²) in [6.07, 6.45) is 0. The Morgan fingerprint density at radius 1 is 1.06 bits per heavy atom. The zero-order valence-electron chi connectivity index (χ0n) is 9.27. The third kappa shape index (κ3) is 2.48. The van der Waals surface area contributed by atoms with Gasteiger partial charge in [0.25, 0.3) is 0 Å². The fraction of sp³-hybridized carbons (Fsp3) is 0.167. The standard InChI is InChI=1S/C12H13N3O/c1-8-3-5-10(6-4-8)16-11-7-9(2)14-12(13)15-11/h3-7H,1-2H3,(H2,13,14,15). The third-order valence-corrected chi connectivity index (χ3v) is 2.09. The molecule has 0 unspecified atom stereocenters. The molecule has 2 rings (SSSR count). The van der Waals surface area contributed by atoms with E-state index in [-0.39, 0.29) is 5.95 Å². The highest BCUT2D eigenvalue weighted by Crippen LogP contribution is 2.20. The largest absolute Gasteiger partial charge is 0.439 e. The van der Waals surface area contributed by atoms with Gasteiger partial charge in [0.15, 0.2) is 0 Å². The van der Waals surface area contributed by atoms with Crippen LogP contribution in [0, 0.1) is 13.8 Å². The summed E-state index contributed by atoms with van der Waals surface area (Å²) in [5, 5.41) is 0. The Bertz CT molecular complexity index is 474. The first-order valence-corrected chi connectivity index (χ1v) is 4.99. The number of nitrogens with zero attached hydrogens (tertiary/aromatic N) is 2. The van der Waals surface area contributed by atoms with Gasteiger partial charge in [0.1, 0.15) is 5.75 Å². The van der Waals surface area contributed by atoms with Crippen molar-refractivity contribution < 1.29 is 4.74 Å². The van der Waals surface area contributed by atoms with Gasteiger partial charge in [-0.2, -0.15) is 4.98 Å². The van der Waals surface area contributed by atoms with Gasteiger partial charge in [0.05, 0.1) is 0 Å². The second kappa shape index (κ2) is 4.18. The molecule has 0 aliphatic rings. The number of rotatable bonds is 2. The van der Waals surface area contributed by atoms with Gasteiger partial charge in [-0.25, -0.2) is 4.98 Å². The third-order valence-electron chi connectivity index (χ3n) is 2.09. The normalized spacial score (nSPS) is 10.1. The topological polar surface area (TPSA) is 61.0 Å². The summed E-state index contributed by atoms with van der Waals surface area (Å²) in [6, 6.07) is 9.49. The van der Waals surface area contributed by atoms with E-state index < -0.39 is 0 Å². The lowest BCUT2D eigenvalue weighted by Gasteiger charge is -2.05. The summed E-state index contributed by atoms with van der Waals surface area (Å²) < 4.78 is 5.56. The summed E-state index contributed by atoms with van der Waals surface area (Å²) >= 11 is 0. The van der Waals surface area contributed by atoms with Crippen LogP contribution in [-0.4, -0.2) is 9.97 Å². The fourth-order valence-corrected chi connectivity index (χ4v) is 1.34. The van der Waals surface area contributed by atoms with E-state index in [0.717, 1.165) is 11.4 Å². The van der Waals surface area contributed by atoms with Crippen LogP contribution < -0.4 is 10.5 Å². The highest BCUT2D eigenvalue weighted by Gasteiger charge is 2.01. The van der Waals surface area contributed by atoms with Crippen molar-refractivity contribution >= 4 is 5.95 Å². The highest BCUT2D eigenvalue weighted by molar-refractivity contribution is 5.32. The number of aryl methyl sites for hydroxylation is 2. The Morgan fingerprint density at radius 2 is 1.75 bits per heavy atom. The molecular weight excluding hydrogens is 202 g/mol. The average molecular weight is 215 g/mol. The van der Waals surface area contributed by atoms with E-state index >= 15 is 0 Å². The van der Waals surface area contributed by atoms with Crippen molar-refractivity contribution in [2.45, 2.75) is 13.8 Å². The molecule has 0 fully saturated rings. The van der Waals surface area contributed by atoms with E-state index in [1.54, 1.807) is 6.07 Å². The van der Waals surface area contributed by atoms with Gasteiger partial charge in [0.2, 0.25) is 11.8 Å². The van der Waals surface area contributed by atoms with Crippen LogP contribution in [-0.2, 0) is 0 Å². The van der Waals surface area contributed by atoms with E-state index in [9.17, 15) is 0 Å². The molecule has 0 aliphatic carbocycles. The van der Waals surface area contributed by atoms with Crippen molar-refractivity contribution in [3.05, 3.63) is 41.6 Å². The van der Waals surface area contributed by atoms with Crippen molar-refractivity contribution in [2.24, 2.45) is 0 Å². The maximum absolute atomic E-state index is 5.56. The van der Waals surface area contributed by atoms with E-state index in [0.29, 0.717) is 5.88 Å². The number of hydrogen-bond acceptors (Lipinski definition) is 4. The number of ether oxygens (including phenoxy) is 1. The monoisotopic (exact) mass is 215 g/mol. The molecule has 1 aromatic heterocycles. The zero-order valence-corrected chi connectivity index (χ0v) is 9.27. The molecule has 4 heteroatoms. The first-order chi connectivity index (χ1) is 7.63. The van der Waals surface area contributed by atoms with Crippen LogP contribution >= 0.6 is 0 Å². The Labute approximate surface area is 94.1 Å². The quantitative estimate of drug-likeness (QED) is 0.835. The molecule has 1 aromatic carbocycles. The van der Waals surface area contributed by atoms with E-state index in [1.165, 1.54) is 5.56 Å². The predicted octanol–water partition coefficient (Wildman–Crippen LogP) is 2.47. The molecule has 0 bridgehead atoms. The number of anilines is 1. The van der Waals surface area contributed by atoms with Crippen molar-refractivity contribution in [3.8, 4) is 11.6 Å². The number of nitrogen functional groups attached to an aromatic ring is 1. The van der Waals surface area contributed by atoms with Crippen LogP contribution in [0.1, 0.15) is 11.3 Å².